The Hall–Kier alpha value is -6.38. The largest absolute Gasteiger partial charge is 0.455 e. The molecule has 0 aliphatic heterocycles. The summed E-state index contributed by atoms with van der Waals surface area (Å²) in [5, 5.41) is 4.46. The van der Waals surface area contributed by atoms with Gasteiger partial charge >= 0.3 is 0 Å². The summed E-state index contributed by atoms with van der Waals surface area (Å²) in [7, 11) is 0. The number of nitrogens with zero attached hydrogens (tertiary/aromatic N) is 1. The van der Waals surface area contributed by atoms with Crippen molar-refractivity contribution in [2.24, 2.45) is 0 Å². The second kappa shape index (κ2) is 11.8. The maximum atomic E-state index is 7.08. The molecule has 226 valence electrons. The third-order valence-electron chi connectivity index (χ3n) is 9.22. The van der Waals surface area contributed by atoms with Crippen LogP contribution in [0.4, 0.5) is 17.1 Å². The van der Waals surface area contributed by atoms with E-state index >= 15 is 0 Å². The number of anilines is 3. The van der Waals surface area contributed by atoms with E-state index in [1.165, 1.54) is 22.3 Å². The maximum Gasteiger partial charge on any atom is 0.145 e. The number of rotatable bonds is 6. The minimum absolute atomic E-state index is 0.875. The minimum Gasteiger partial charge on any atom is -0.455 e. The zero-order chi connectivity index (χ0) is 31.9. The van der Waals surface area contributed by atoms with Crippen LogP contribution in [0.25, 0.3) is 66.1 Å². The molecular formula is C46H31NO. The molecule has 0 saturated heterocycles. The summed E-state index contributed by atoms with van der Waals surface area (Å²) < 4.78 is 7.08. The maximum absolute atomic E-state index is 7.08. The van der Waals surface area contributed by atoms with Gasteiger partial charge in [0.2, 0.25) is 0 Å². The van der Waals surface area contributed by atoms with Crippen LogP contribution < -0.4 is 4.90 Å². The van der Waals surface area contributed by atoms with Gasteiger partial charge in [-0.15, -0.1) is 0 Å². The van der Waals surface area contributed by atoms with Crippen molar-refractivity contribution in [3.8, 4) is 33.4 Å². The van der Waals surface area contributed by atoms with E-state index in [-0.39, 0.29) is 0 Å². The Morgan fingerprint density at radius 2 is 0.875 bits per heavy atom. The lowest BCUT2D eigenvalue weighted by molar-refractivity contribution is 0.674. The molecule has 2 heteroatoms. The summed E-state index contributed by atoms with van der Waals surface area (Å²) in [6.07, 6.45) is 0. The Bertz CT molecular complexity index is 2440. The van der Waals surface area contributed by atoms with Gasteiger partial charge in [-0.3, -0.25) is 0 Å². The van der Waals surface area contributed by atoms with Gasteiger partial charge in [-0.05, 0) is 93.9 Å². The van der Waals surface area contributed by atoms with Crippen LogP contribution in [0.2, 0.25) is 0 Å². The average molecular weight is 614 g/mol. The average Bonchev–Trinajstić information content (AvgIpc) is 3.57. The predicted molar refractivity (Wildman–Crippen MR) is 202 cm³/mol. The first kappa shape index (κ1) is 27.9. The Morgan fingerprint density at radius 3 is 1.48 bits per heavy atom. The first-order chi connectivity index (χ1) is 23.8. The van der Waals surface area contributed by atoms with Gasteiger partial charge in [0.15, 0.2) is 0 Å². The summed E-state index contributed by atoms with van der Waals surface area (Å²) in [5.74, 6) is 0. The normalized spacial score (nSPS) is 11.3. The number of hydrogen-bond donors (Lipinski definition) is 0. The third-order valence-corrected chi connectivity index (χ3v) is 9.22. The van der Waals surface area contributed by atoms with Crippen LogP contribution in [-0.4, -0.2) is 0 Å². The van der Waals surface area contributed by atoms with Crippen LogP contribution >= 0.6 is 0 Å². The van der Waals surface area contributed by atoms with E-state index < -0.39 is 0 Å². The van der Waals surface area contributed by atoms with Gasteiger partial charge in [0.1, 0.15) is 11.2 Å². The summed E-state index contributed by atoms with van der Waals surface area (Å²) in [4.78, 5) is 2.34. The van der Waals surface area contributed by atoms with Gasteiger partial charge in [-0.2, -0.15) is 0 Å². The second-order valence-corrected chi connectivity index (χ2v) is 12.1. The lowest BCUT2D eigenvalue weighted by atomic mass is 9.92. The van der Waals surface area contributed by atoms with E-state index in [4.69, 9.17) is 4.42 Å². The SMILES string of the molecule is c1ccc(-c2cc(-c3ccccc3)cc(-c3ccc(N(c4ccccc4)c4ccccc4)c4c3oc3c5ccccc5ccc34)c2)cc1. The fourth-order valence-electron chi connectivity index (χ4n) is 6.96. The molecule has 0 aliphatic rings. The number of furan rings is 1. The lowest BCUT2D eigenvalue weighted by Crippen LogP contribution is -2.10. The molecule has 9 aromatic rings. The summed E-state index contributed by atoms with van der Waals surface area (Å²) in [6, 6.07) is 66.7. The van der Waals surface area contributed by atoms with Crippen molar-refractivity contribution in [2.75, 3.05) is 4.90 Å². The topological polar surface area (TPSA) is 16.4 Å². The van der Waals surface area contributed by atoms with Gasteiger partial charge in [0, 0.05) is 27.7 Å². The molecule has 1 heterocycles. The van der Waals surface area contributed by atoms with Crippen LogP contribution in [-0.2, 0) is 0 Å². The van der Waals surface area contributed by atoms with Crippen LogP contribution in [0, 0.1) is 0 Å². The van der Waals surface area contributed by atoms with Crippen LogP contribution in [0.15, 0.2) is 192 Å². The van der Waals surface area contributed by atoms with Crippen molar-refractivity contribution in [1.29, 1.82) is 0 Å². The van der Waals surface area contributed by atoms with Gasteiger partial charge in [0.25, 0.3) is 0 Å². The zero-order valence-corrected chi connectivity index (χ0v) is 26.3. The monoisotopic (exact) mass is 613 g/mol. The highest BCUT2D eigenvalue weighted by molar-refractivity contribution is 6.22. The fraction of sp³-hybridized carbons (Fsp3) is 0. The molecule has 0 aliphatic carbocycles. The number of hydrogen-bond acceptors (Lipinski definition) is 2. The van der Waals surface area contributed by atoms with Crippen molar-refractivity contribution in [3.63, 3.8) is 0 Å². The molecule has 0 spiro atoms. The smallest absolute Gasteiger partial charge is 0.145 e. The Balaban J connectivity index is 1.37. The van der Waals surface area contributed by atoms with Crippen LogP contribution in [0.3, 0.4) is 0 Å². The summed E-state index contributed by atoms with van der Waals surface area (Å²) >= 11 is 0. The molecular weight excluding hydrogens is 583 g/mol. The van der Waals surface area contributed by atoms with Gasteiger partial charge < -0.3 is 9.32 Å². The fourth-order valence-corrected chi connectivity index (χ4v) is 6.96. The standard InChI is InChI=1S/C46H31NO/c1-5-15-32(16-6-1)35-29-36(33-17-7-2-8-18-33)31-37(30-35)41-27-28-43(47(38-20-9-3-10-21-38)39-22-11-4-12-23-39)44-42-26-25-34-19-13-14-24-40(34)45(42)48-46(41)44/h1-31H. The molecule has 0 unspecified atom stereocenters. The number of fused-ring (bicyclic) bond motifs is 5. The zero-order valence-electron chi connectivity index (χ0n) is 26.3. The highest BCUT2D eigenvalue weighted by Crippen LogP contribution is 2.48. The van der Waals surface area contributed by atoms with Crippen molar-refractivity contribution in [2.45, 2.75) is 0 Å². The number of benzene rings is 8. The van der Waals surface area contributed by atoms with E-state index in [1.54, 1.807) is 0 Å². The van der Waals surface area contributed by atoms with Crippen molar-refractivity contribution in [1.82, 2.24) is 0 Å². The molecule has 0 saturated carbocycles. The van der Waals surface area contributed by atoms with Crippen LogP contribution in [0.5, 0.6) is 0 Å². The molecule has 2 nitrogen and oxygen atoms in total. The molecule has 0 bridgehead atoms. The Kier molecular flexibility index (Phi) is 6.84. The van der Waals surface area contributed by atoms with E-state index in [2.05, 4.69) is 193 Å². The van der Waals surface area contributed by atoms with Crippen molar-refractivity contribution >= 4 is 49.8 Å². The minimum atomic E-state index is 0.875. The molecule has 0 fully saturated rings. The van der Waals surface area contributed by atoms with E-state index in [0.29, 0.717) is 0 Å². The van der Waals surface area contributed by atoms with Crippen molar-refractivity contribution < 1.29 is 4.42 Å². The molecule has 0 amide bonds. The highest BCUT2D eigenvalue weighted by Gasteiger charge is 2.23. The highest BCUT2D eigenvalue weighted by atomic mass is 16.3. The molecule has 0 N–H and O–H groups in total. The van der Waals surface area contributed by atoms with E-state index in [0.717, 1.165) is 60.9 Å². The van der Waals surface area contributed by atoms with E-state index in [1.807, 2.05) is 0 Å². The van der Waals surface area contributed by atoms with Crippen LogP contribution in [0.1, 0.15) is 0 Å². The Morgan fingerprint density at radius 1 is 0.354 bits per heavy atom. The molecule has 0 radical (unpaired) electrons. The van der Waals surface area contributed by atoms with Crippen molar-refractivity contribution in [3.05, 3.63) is 188 Å². The molecule has 1 aromatic heterocycles. The quantitative estimate of drug-likeness (QED) is 0.185. The Labute approximate surface area is 279 Å². The summed E-state index contributed by atoms with van der Waals surface area (Å²) in [6.45, 7) is 0. The second-order valence-electron chi connectivity index (χ2n) is 12.1. The summed E-state index contributed by atoms with van der Waals surface area (Å²) in [5.41, 5.74) is 11.9. The first-order valence-electron chi connectivity index (χ1n) is 16.4. The van der Waals surface area contributed by atoms with Gasteiger partial charge in [-0.25, -0.2) is 0 Å². The molecule has 9 rings (SSSR count). The van der Waals surface area contributed by atoms with Gasteiger partial charge in [0.05, 0.1) is 11.1 Å². The molecule has 0 atom stereocenters. The molecule has 8 aromatic carbocycles. The predicted octanol–water partition coefficient (Wildman–Crippen LogP) is 13.2. The first-order valence-corrected chi connectivity index (χ1v) is 16.4. The molecule has 48 heavy (non-hydrogen) atoms. The van der Waals surface area contributed by atoms with Gasteiger partial charge in [-0.1, -0.05) is 127 Å². The third kappa shape index (κ3) is 4.83. The lowest BCUT2D eigenvalue weighted by Gasteiger charge is -2.26. The van der Waals surface area contributed by atoms with E-state index in [9.17, 15) is 0 Å². The number of para-hydroxylation sites is 2.